The van der Waals surface area contributed by atoms with Crippen LogP contribution >= 0.6 is 0 Å². The molecule has 3 fully saturated rings. The number of non-ortho nitro benzene ring substituents is 1. The highest BCUT2D eigenvalue weighted by Gasteiger charge is 2.35. The van der Waals surface area contributed by atoms with E-state index in [9.17, 15) is 14.9 Å². The van der Waals surface area contributed by atoms with E-state index in [4.69, 9.17) is 0 Å². The number of nitro benzene ring substituents is 1. The van der Waals surface area contributed by atoms with Crippen LogP contribution in [-0.4, -0.2) is 46.0 Å². The predicted octanol–water partition coefficient (Wildman–Crippen LogP) is 2.42. The Kier molecular flexibility index (Phi) is 4.24. The van der Waals surface area contributed by atoms with E-state index in [1.807, 2.05) is 23.7 Å². The highest BCUT2D eigenvalue weighted by atomic mass is 16.6. The first-order chi connectivity index (χ1) is 12.5. The zero-order chi connectivity index (χ0) is 18.3. The van der Waals surface area contributed by atoms with Crippen LogP contribution in [-0.2, 0) is 7.05 Å². The third kappa shape index (κ3) is 2.99. The molecular formula is C19H22N4O3. The molecule has 26 heavy (non-hydrogen) atoms. The van der Waals surface area contributed by atoms with Gasteiger partial charge in [0.05, 0.1) is 4.92 Å². The van der Waals surface area contributed by atoms with Crippen LogP contribution in [0.1, 0.15) is 23.3 Å². The Morgan fingerprint density at radius 2 is 1.85 bits per heavy atom. The fourth-order valence-electron chi connectivity index (χ4n) is 4.15. The molecule has 2 bridgehead atoms. The molecule has 0 aliphatic carbocycles. The van der Waals surface area contributed by atoms with Crippen LogP contribution in [0.15, 0.2) is 36.4 Å². The fourth-order valence-corrected chi connectivity index (χ4v) is 4.15. The molecule has 1 atom stereocenters. The number of amides is 1. The van der Waals surface area contributed by atoms with Crippen LogP contribution in [0.2, 0.25) is 0 Å². The number of nitro groups is 1. The molecule has 0 radical (unpaired) electrons. The quantitative estimate of drug-likeness (QED) is 0.675. The van der Waals surface area contributed by atoms with E-state index < -0.39 is 4.92 Å². The molecule has 7 nitrogen and oxygen atoms in total. The van der Waals surface area contributed by atoms with Crippen LogP contribution in [0.3, 0.4) is 0 Å². The van der Waals surface area contributed by atoms with Gasteiger partial charge in [0.1, 0.15) is 5.69 Å². The summed E-state index contributed by atoms with van der Waals surface area (Å²) in [6.07, 6.45) is 2.32. The summed E-state index contributed by atoms with van der Waals surface area (Å²) in [6, 6.07) is 10.3. The van der Waals surface area contributed by atoms with E-state index >= 15 is 0 Å². The van der Waals surface area contributed by atoms with Crippen molar-refractivity contribution in [3.8, 4) is 11.3 Å². The van der Waals surface area contributed by atoms with E-state index in [1.165, 1.54) is 12.1 Å². The molecule has 1 aromatic carbocycles. The standard InChI is InChI=1S/C19H22N4O3/c1-21-17(14-2-4-15(5-3-14)23(25)26)6-7-18(21)19(24)20-16-12-22-10-8-13(16)9-11-22/h2-7,13,16H,8-12H2,1H3,(H,20,24)/t16-/m0/s1. The van der Waals surface area contributed by atoms with E-state index in [2.05, 4.69) is 10.2 Å². The maximum absolute atomic E-state index is 12.8. The second kappa shape index (κ2) is 6.57. The van der Waals surface area contributed by atoms with E-state index in [1.54, 1.807) is 12.1 Å². The topological polar surface area (TPSA) is 80.4 Å². The van der Waals surface area contributed by atoms with Gasteiger partial charge >= 0.3 is 0 Å². The molecule has 7 heteroatoms. The molecular weight excluding hydrogens is 332 g/mol. The number of carbonyl (C=O) groups excluding carboxylic acids is 1. The smallest absolute Gasteiger partial charge is 0.269 e. The van der Waals surface area contributed by atoms with Gasteiger partial charge in [-0.25, -0.2) is 0 Å². The number of rotatable bonds is 4. The molecule has 0 unspecified atom stereocenters. The van der Waals surface area contributed by atoms with Gasteiger partial charge in [0.2, 0.25) is 0 Å². The van der Waals surface area contributed by atoms with Gasteiger partial charge in [0, 0.05) is 37.5 Å². The summed E-state index contributed by atoms with van der Waals surface area (Å²) in [7, 11) is 1.85. The summed E-state index contributed by atoms with van der Waals surface area (Å²) in [5, 5.41) is 14.0. The number of hydrogen-bond donors (Lipinski definition) is 1. The molecule has 3 aliphatic rings. The number of hydrogen-bond acceptors (Lipinski definition) is 4. The Bertz CT molecular complexity index is 835. The van der Waals surface area contributed by atoms with Crippen molar-refractivity contribution >= 4 is 11.6 Å². The summed E-state index contributed by atoms with van der Waals surface area (Å²) in [6.45, 7) is 3.23. The van der Waals surface area contributed by atoms with Gasteiger partial charge < -0.3 is 14.8 Å². The number of carbonyl (C=O) groups is 1. The highest BCUT2D eigenvalue weighted by molar-refractivity contribution is 5.94. The van der Waals surface area contributed by atoms with Gasteiger partial charge in [-0.1, -0.05) is 0 Å². The Balaban J connectivity index is 1.51. The molecule has 1 amide bonds. The van der Waals surface area contributed by atoms with Gasteiger partial charge in [-0.15, -0.1) is 0 Å². The van der Waals surface area contributed by atoms with Crippen molar-refractivity contribution in [1.82, 2.24) is 14.8 Å². The lowest BCUT2D eigenvalue weighted by Gasteiger charge is -2.44. The molecule has 0 spiro atoms. The molecule has 136 valence electrons. The van der Waals surface area contributed by atoms with Crippen LogP contribution in [0, 0.1) is 16.0 Å². The zero-order valence-corrected chi connectivity index (χ0v) is 14.7. The number of benzene rings is 1. The van der Waals surface area contributed by atoms with Gasteiger partial charge in [-0.3, -0.25) is 14.9 Å². The number of nitrogens with zero attached hydrogens (tertiary/aromatic N) is 3. The minimum Gasteiger partial charge on any atom is -0.346 e. The van der Waals surface area contributed by atoms with Crippen LogP contribution in [0.5, 0.6) is 0 Å². The first-order valence-corrected chi connectivity index (χ1v) is 8.96. The van der Waals surface area contributed by atoms with Crippen LogP contribution in [0.25, 0.3) is 11.3 Å². The molecule has 5 rings (SSSR count). The minimum atomic E-state index is -0.415. The van der Waals surface area contributed by atoms with Crippen LogP contribution in [0.4, 0.5) is 5.69 Å². The van der Waals surface area contributed by atoms with Crippen LogP contribution < -0.4 is 5.32 Å². The van der Waals surface area contributed by atoms with Crippen molar-refractivity contribution in [1.29, 1.82) is 0 Å². The average molecular weight is 354 g/mol. The fraction of sp³-hybridized carbons (Fsp3) is 0.421. The molecule has 3 saturated heterocycles. The first-order valence-electron chi connectivity index (χ1n) is 8.96. The predicted molar refractivity (Wildman–Crippen MR) is 97.9 cm³/mol. The van der Waals surface area contributed by atoms with Crippen molar-refractivity contribution in [2.45, 2.75) is 18.9 Å². The van der Waals surface area contributed by atoms with E-state index in [0.29, 0.717) is 11.6 Å². The summed E-state index contributed by atoms with van der Waals surface area (Å²) in [5.74, 6) is 0.526. The zero-order valence-electron chi connectivity index (χ0n) is 14.7. The summed E-state index contributed by atoms with van der Waals surface area (Å²) in [4.78, 5) is 25.6. The Labute approximate surface area is 151 Å². The monoisotopic (exact) mass is 354 g/mol. The summed E-state index contributed by atoms with van der Waals surface area (Å²) >= 11 is 0. The van der Waals surface area contributed by atoms with E-state index in [0.717, 1.165) is 43.7 Å². The number of nitrogens with one attached hydrogen (secondary N) is 1. The summed E-state index contributed by atoms with van der Waals surface area (Å²) in [5.41, 5.74) is 2.37. The number of fused-ring (bicyclic) bond motifs is 3. The maximum Gasteiger partial charge on any atom is 0.269 e. The maximum atomic E-state index is 12.8. The molecule has 4 heterocycles. The highest BCUT2D eigenvalue weighted by Crippen LogP contribution is 2.28. The SMILES string of the molecule is Cn1c(C(=O)N[C@H]2CN3CCC2CC3)ccc1-c1ccc([N+](=O)[O-])cc1. The van der Waals surface area contributed by atoms with Crippen molar-refractivity contribution in [2.24, 2.45) is 13.0 Å². The minimum absolute atomic E-state index is 0.0561. The number of aromatic nitrogens is 1. The van der Waals surface area contributed by atoms with Crippen molar-refractivity contribution in [3.05, 3.63) is 52.2 Å². The first kappa shape index (κ1) is 16.8. The van der Waals surface area contributed by atoms with E-state index in [-0.39, 0.29) is 17.6 Å². The second-order valence-corrected chi connectivity index (χ2v) is 7.18. The molecule has 3 aliphatic heterocycles. The average Bonchev–Trinajstić information content (AvgIpc) is 3.04. The van der Waals surface area contributed by atoms with Crippen molar-refractivity contribution < 1.29 is 9.72 Å². The molecule has 2 aromatic rings. The largest absolute Gasteiger partial charge is 0.346 e. The van der Waals surface area contributed by atoms with Crippen molar-refractivity contribution in [3.63, 3.8) is 0 Å². The third-order valence-electron chi connectivity index (χ3n) is 5.70. The van der Waals surface area contributed by atoms with Gasteiger partial charge in [-0.2, -0.15) is 0 Å². The Hall–Kier alpha value is -2.67. The van der Waals surface area contributed by atoms with Gasteiger partial charge in [-0.05, 0) is 61.7 Å². The van der Waals surface area contributed by atoms with Gasteiger partial charge in [0.25, 0.3) is 11.6 Å². The third-order valence-corrected chi connectivity index (χ3v) is 5.70. The molecule has 1 N–H and O–H groups in total. The number of piperidine rings is 3. The lowest BCUT2D eigenvalue weighted by Crippen LogP contribution is -2.57. The normalized spacial score (nSPS) is 24.4. The van der Waals surface area contributed by atoms with Crippen molar-refractivity contribution in [2.75, 3.05) is 19.6 Å². The summed E-state index contributed by atoms with van der Waals surface area (Å²) < 4.78 is 1.85. The second-order valence-electron chi connectivity index (χ2n) is 7.18. The molecule has 0 saturated carbocycles. The lowest BCUT2D eigenvalue weighted by molar-refractivity contribution is -0.384. The van der Waals surface area contributed by atoms with Gasteiger partial charge in [0.15, 0.2) is 0 Å². The lowest BCUT2D eigenvalue weighted by atomic mass is 9.84. The Morgan fingerprint density at radius 1 is 1.15 bits per heavy atom. The molecule has 1 aromatic heterocycles. The Morgan fingerprint density at radius 3 is 2.42 bits per heavy atom.